The molecule has 1 atom stereocenters. The molecular formula is C15H14Cl2N2O. The standard InChI is InChI=1S/C15H13ClN2O.ClH/c16-11-6-7-13-12(8-11)15(17-9-14(19)18-13)10-4-2-1-3-5-10;/h1-8,15,17H,9H2,(H,18,19);1H. The van der Waals surface area contributed by atoms with Crippen molar-refractivity contribution in [3.63, 3.8) is 0 Å². The van der Waals surface area contributed by atoms with E-state index in [1.165, 1.54) is 0 Å². The van der Waals surface area contributed by atoms with Gasteiger partial charge >= 0.3 is 0 Å². The number of hydrogen-bond acceptors (Lipinski definition) is 2. The lowest BCUT2D eigenvalue weighted by molar-refractivity contribution is -0.115. The number of fused-ring (bicyclic) bond motifs is 1. The number of carbonyl (C=O) groups excluding carboxylic acids is 1. The summed E-state index contributed by atoms with van der Waals surface area (Å²) in [7, 11) is 0. The molecule has 1 heterocycles. The van der Waals surface area contributed by atoms with Gasteiger partial charge in [-0.05, 0) is 29.3 Å². The first-order chi connectivity index (χ1) is 9.24. The summed E-state index contributed by atoms with van der Waals surface area (Å²) in [4.78, 5) is 11.7. The Morgan fingerprint density at radius 3 is 2.60 bits per heavy atom. The second kappa shape index (κ2) is 6.27. The fourth-order valence-electron chi connectivity index (χ4n) is 2.33. The number of rotatable bonds is 1. The maximum atomic E-state index is 11.7. The highest BCUT2D eigenvalue weighted by Gasteiger charge is 2.22. The van der Waals surface area contributed by atoms with Gasteiger partial charge in [0.1, 0.15) is 0 Å². The van der Waals surface area contributed by atoms with Crippen molar-refractivity contribution in [3.05, 3.63) is 64.7 Å². The molecule has 0 bridgehead atoms. The van der Waals surface area contributed by atoms with Crippen LogP contribution in [0.5, 0.6) is 0 Å². The van der Waals surface area contributed by atoms with E-state index in [1.54, 1.807) is 6.07 Å². The Bertz CT molecular complexity index is 617. The smallest absolute Gasteiger partial charge is 0.238 e. The first kappa shape index (κ1) is 14.9. The van der Waals surface area contributed by atoms with Crippen molar-refractivity contribution in [2.75, 3.05) is 11.9 Å². The quantitative estimate of drug-likeness (QED) is 0.848. The number of carbonyl (C=O) groups is 1. The van der Waals surface area contributed by atoms with Crippen molar-refractivity contribution < 1.29 is 4.79 Å². The Morgan fingerprint density at radius 1 is 1.10 bits per heavy atom. The van der Waals surface area contributed by atoms with Crippen LogP contribution in [0.2, 0.25) is 5.02 Å². The molecule has 0 aliphatic carbocycles. The molecule has 0 aromatic heterocycles. The second-order valence-electron chi connectivity index (χ2n) is 4.50. The first-order valence-corrected chi connectivity index (χ1v) is 6.49. The lowest BCUT2D eigenvalue weighted by Gasteiger charge is -2.18. The monoisotopic (exact) mass is 308 g/mol. The Labute approximate surface area is 128 Å². The lowest BCUT2D eigenvalue weighted by atomic mass is 9.97. The molecular weight excluding hydrogens is 295 g/mol. The van der Waals surface area contributed by atoms with Gasteiger partial charge in [0.05, 0.1) is 12.6 Å². The molecule has 20 heavy (non-hydrogen) atoms. The Hall–Kier alpha value is -1.55. The predicted octanol–water partition coefficient (Wildman–Crippen LogP) is 3.39. The highest BCUT2D eigenvalue weighted by molar-refractivity contribution is 6.30. The third-order valence-electron chi connectivity index (χ3n) is 3.20. The second-order valence-corrected chi connectivity index (χ2v) is 4.94. The van der Waals surface area contributed by atoms with Crippen LogP contribution in [0.3, 0.4) is 0 Å². The van der Waals surface area contributed by atoms with Crippen molar-refractivity contribution in [1.29, 1.82) is 0 Å². The van der Waals surface area contributed by atoms with Crippen LogP contribution in [0, 0.1) is 0 Å². The maximum absolute atomic E-state index is 11.7. The normalized spacial score (nSPS) is 17.4. The number of nitrogens with one attached hydrogen (secondary N) is 2. The molecule has 104 valence electrons. The molecule has 0 spiro atoms. The van der Waals surface area contributed by atoms with E-state index in [0.717, 1.165) is 16.8 Å². The Balaban J connectivity index is 0.00000147. The van der Waals surface area contributed by atoms with Crippen LogP contribution in [-0.2, 0) is 4.79 Å². The maximum Gasteiger partial charge on any atom is 0.238 e. The molecule has 0 saturated heterocycles. The van der Waals surface area contributed by atoms with Gasteiger partial charge < -0.3 is 5.32 Å². The molecule has 0 saturated carbocycles. The molecule has 1 aliphatic heterocycles. The summed E-state index contributed by atoms with van der Waals surface area (Å²) >= 11 is 6.08. The van der Waals surface area contributed by atoms with Crippen molar-refractivity contribution in [1.82, 2.24) is 5.32 Å². The van der Waals surface area contributed by atoms with Gasteiger partial charge in [0.25, 0.3) is 0 Å². The third kappa shape index (κ3) is 2.96. The summed E-state index contributed by atoms with van der Waals surface area (Å²) in [6.07, 6.45) is 0. The van der Waals surface area contributed by atoms with Gasteiger partial charge in [-0.15, -0.1) is 12.4 Å². The summed E-state index contributed by atoms with van der Waals surface area (Å²) < 4.78 is 0. The minimum absolute atomic E-state index is 0. The van der Waals surface area contributed by atoms with E-state index in [1.807, 2.05) is 42.5 Å². The van der Waals surface area contributed by atoms with Crippen LogP contribution in [0.15, 0.2) is 48.5 Å². The van der Waals surface area contributed by atoms with Crippen LogP contribution in [0.1, 0.15) is 17.2 Å². The van der Waals surface area contributed by atoms with E-state index in [9.17, 15) is 4.79 Å². The average molecular weight is 309 g/mol. The zero-order chi connectivity index (χ0) is 13.2. The van der Waals surface area contributed by atoms with Gasteiger partial charge in [0.2, 0.25) is 5.91 Å². The largest absolute Gasteiger partial charge is 0.325 e. The third-order valence-corrected chi connectivity index (χ3v) is 3.43. The molecule has 3 nitrogen and oxygen atoms in total. The summed E-state index contributed by atoms with van der Waals surface area (Å²) in [5.41, 5.74) is 2.92. The van der Waals surface area contributed by atoms with Crippen LogP contribution in [0.25, 0.3) is 0 Å². The van der Waals surface area contributed by atoms with Gasteiger partial charge in [-0.25, -0.2) is 0 Å². The zero-order valence-corrected chi connectivity index (χ0v) is 12.2. The topological polar surface area (TPSA) is 41.1 Å². The number of anilines is 1. The average Bonchev–Trinajstić information content (AvgIpc) is 2.58. The van der Waals surface area contributed by atoms with Crippen molar-refractivity contribution in [3.8, 4) is 0 Å². The van der Waals surface area contributed by atoms with Gasteiger partial charge in [0.15, 0.2) is 0 Å². The van der Waals surface area contributed by atoms with E-state index < -0.39 is 0 Å². The predicted molar refractivity (Wildman–Crippen MR) is 83.6 cm³/mol. The Kier molecular flexibility index (Phi) is 4.65. The first-order valence-electron chi connectivity index (χ1n) is 6.11. The fourth-order valence-corrected chi connectivity index (χ4v) is 2.51. The molecule has 0 radical (unpaired) electrons. The number of halogens is 2. The molecule has 2 N–H and O–H groups in total. The molecule has 3 rings (SSSR count). The molecule has 1 amide bonds. The van der Waals surface area contributed by atoms with Gasteiger partial charge in [-0.3, -0.25) is 10.1 Å². The highest BCUT2D eigenvalue weighted by Crippen LogP contribution is 2.32. The molecule has 1 aliphatic rings. The fraction of sp³-hybridized carbons (Fsp3) is 0.133. The highest BCUT2D eigenvalue weighted by atomic mass is 35.5. The summed E-state index contributed by atoms with van der Waals surface area (Å²) in [6, 6.07) is 15.5. The van der Waals surface area contributed by atoms with Gasteiger partial charge in [-0.2, -0.15) is 0 Å². The van der Waals surface area contributed by atoms with Crippen LogP contribution in [0.4, 0.5) is 5.69 Å². The number of hydrogen-bond donors (Lipinski definition) is 2. The SMILES string of the molecule is Cl.O=C1CNC(c2ccccc2)c2cc(Cl)ccc2N1. The van der Waals surface area contributed by atoms with E-state index in [4.69, 9.17) is 11.6 Å². The van der Waals surface area contributed by atoms with Crippen LogP contribution in [-0.4, -0.2) is 12.5 Å². The van der Waals surface area contributed by atoms with Crippen molar-refractivity contribution >= 4 is 35.6 Å². The van der Waals surface area contributed by atoms with Gasteiger partial charge in [-0.1, -0.05) is 41.9 Å². The molecule has 2 aromatic carbocycles. The summed E-state index contributed by atoms with van der Waals surface area (Å²) in [6.45, 7) is 0.284. The van der Waals surface area contributed by atoms with E-state index in [2.05, 4.69) is 10.6 Å². The summed E-state index contributed by atoms with van der Waals surface area (Å²) in [5.74, 6) is -0.0398. The number of benzene rings is 2. The molecule has 0 fully saturated rings. The number of amides is 1. The van der Waals surface area contributed by atoms with E-state index in [-0.39, 0.29) is 30.9 Å². The molecule has 1 unspecified atom stereocenters. The van der Waals surface area contributed by atoms with E-state index in [0.29, 0.717) is 5.02 Å². The molecule has 2 aromatic rings. The van der Waals surface area contributed by atoms with Crippen LogP contribution >= 0.6 is 24.0 Å². The minimum Gasteiger partial charge on any atom is -0.325 e. The minimum atomic E-state index is -0.0398. The van der Waals surface area contributed by atoms with Gasteiger partial charge in [0, 0.05) is 10.7 Å². The lowest BCUT2D eigenvalue weighted by Crippen LogP contribution is -2.27. The summed E-state index contributed by atoms with van der Waals surface area (Å²) in [5, 5.41) is 6.81. The Morgan fingerprint density at radius 2 is 1.85 bits per heavy atom. The van der Waals surface area contributed by atoms with Crippen LogP contribution < -0.4 is 10.6 Å². The van der Waals surface area contributed by atoms with E-state index >= 15 is 0 Å². The van der Waals surface area contributed by atoms with Crippen molar-refractivity contribution in [2.24, 2.45) is 0 Å². The van der Waals surface area contributed by atoms with Crippen molar-refractivity contribution in [2.45, 2.75) is 6.04 Å². The zero-order valence-electron chi connectivity index (χ0n) is 10.6. The molecule has 5 heteroatoms.